The average molecular weight is 273 g/mol. The Labute approximate surface area is 117 Å². The van der Waals surface area contributed by atoms with E-state index in [1.165, 1.54) is 0 Å². The molecule has 2 aliphatic rings. The Morgan fingerprint density at radius 2 is 2.20 bits per heavy atom. The van der Waals surface area contributed by atoms with Gasteiger partial charge in [-0.05, 0) is 32.1 Å². The molecule has 1 unspecified atom stereocenters. The SMILES string of the molecule is CCn1cnc2c(N3CCC(O)(C4CC4)C3)ncnc21. The van der Waals surface area contributed by atoms with Crippen molar-refractivity contribution in [2.24, 2.45) is 5.92 Å². The smallest absolute Gasteiger partial charge is 0.165 e. The van der Waals surface area contributed by atoms with Gasteiger partial charge in [0.15, 0.2) is 17.0 Å². The van der Waals surface area contributed by atoms with Crippen LogP contribution in [-0.2, 0) is 6.54 Å². The van der Waals surface area contributed by atoms with E-state index >= 15 is 0 Å². The summed E-state index contributed by atoms with van der Waals surface area (Å²) in [5, 5.41) is 10.7. The molecule has 1 saturated heterocycles. The topological polar surface area (TPSA) is 67.1 Å². The number of aryl methyl sites for hydroxylation is 1. The third-order valence-electron chi connectivity index (χ3n) is 4.64. The van der Waals surface area contributed by atoms with Gasteiger partial charge < -0.3 is 14.6 Å². The van der Waals surface area contributed by atoms with Gasteiger partial charge in [0.25, 0.3) is 0 Å². The van der Waals surface area contributed by atoms with Crippen molar-refractivity contribution in [3.8, 4) is 0 Å². The second-order valence-electron chi connectivity index (χ2n) is 5.95. The summed E-state index contributed by atoms with van der Waals surface area (Å²) in [4.78, 5) is 15.4. The largest absolute Gasteiger partial charge is 0.388 e. The molecule has 0 radical (unpaired) electrons. The molecule has 1 aliphatic heterocycles. The zero-order valence-electron chi connectivity index (χ0n) is 11.7. The fourth-order valence-corrected chi connectivity index (χ4v) is 3.28. The van der Waals surface area contributed by atoms with Crippen molar-refractivity contribution in [1.29, 1.82) is 0 Å². The molecule has 1 atom stereocenters. The maximum absolute atomic E-state index is 10.7. The van der Waals surface area contributed by atoms with Crippen molar-refractivity contribution in [2.45, 2.75) is 38.3 Å². The maximum atomic E-state index is 10.7. The van der Waals surface area contributed by atoms with E-state index in [0.29, 0.717) is 12.5 Å². The molecule has 3 heterocycles. The normalized spacial score (nSPS) is 26.6. The Morgan fingerprint density at radius 1 is 1.35 bits per heavy atom. The van der Waals surface area contributed by atoms with Gasteiger partial charge in [0.2, 0.25) is 0 Å². The van der Waals surface area contributed by atoms with Crippen molar-refractivity contribution in [2.75, 3.05) is 18.0 Å². The van der Waals surface area contributed by atoms with Gasteiger partial charge in [0.1, 0.15) is 6.33 Å². The molecule has 2 aromatic rings. The zero-order chi connectivity index (χ0) is 13.7. The molecule has 1 N–H and O–H groups in total. The Kier molecular flexibility index (Phi) is 2.51. The lowest BCUT2D eigenvalue weighted by atomic mass is 9.97. The predicted octanol–water partition coefficient (Wildman–Crippen LogP) is 1.20. The Morgan fingerprint density at radius 3 is 2.95 bits per heavy atom. The minimum absolute atomic E-state index is 0.484. The molecule has 4 rings (SSSR count). The molecule has 6 nitrogen and oxygen atoms in total. The fourth-order valence-electron chi connectivity index (χ4n) is 3.28. The number of anilines is 1. The van der Waals surface area contributed by atoms with E-state index < -0.39 is 5.60 Å². The lowest BCUT2D eigenvalue weighted by molar-refractivity contribution is 0.0400. The molecule has 0 spiro atoms. The first-order valence-corrected chi connectivity index (χ1v) is 7.34. The Balaban J connectivity index is 1.70. The summed E-state index contributed by atoms with van der Waals surface area (Å²) in [7, 11) is 0. The summed E-state index contributed by atoms with van der Waals surface area (Å²) in [6.07, 6.45) is 6.56. The van der Waals surface area contributed by atoms with Crippen LogP contribution in [0.4, 0.5) is 5.82 Å². The van der Waals surface area contributed by atoms with Gasteiger partial charge in [-0.25, -0.2) is 15.0 Å². The molecule has 2 aromatic heterocycles. The van der Waals surface area contributed by atoms with E-state index in [1.54, 1.807) is 6.33 Å². The summed E-state index contributed by atoms with van der Waals surface area (Å²) >= 11 is 0. The highest BCUT2D eigenvalue weighted by atomic mass is 16.3. The van der Waals surface area contributed by atoms with Gasteiger partial charge in [-0.3, -0.25) is 0 Å². The van der Waals surface area contributed by atoms with E-state index in [9.17, 15) is 5.11 Å². The van der Waals surface area contributed by atoms with Crippen molar-refractivity contribution < 1.29 is 5.11 Å². The molecular formula is C14H19N5O. The molecule has 2 fully saturated rings. The summed E-state index contributed by atoms with van der Waals surface area (Å²) in [6, 6.07) is 0. The second-order valence-corrected chi connectivity index (χ2v) is 5.95. The number of aromatic nitrogens is 4. The number of imidazole rings is 1. The number of fused-ring (bicyclic) bond motifs is 1. The van der Waals surface area contributed by atoms with Crippen LogP contribution in [0.15, 0.2) is 12.7 Å². The first kappa shape index (κ1) is 12.1. The minimum atomic E-state index is -0.523. The van der Waals surface area contributed by atoms with Gasteiger partial charge in [0.05, 0.1) is 11.9 Å². The number of nitrogens with zero attached hydrogens (tertiary/aromatic N) is 5. The van der Waals surface area contributed by atoms with Crippen LogP contribution >= 0.6 is 0 Å². The van der Waals surface area contributed by atoms with Crippen LogP contribution in [0.1, 0.15) is 26.2 Å². The second kappa shape index (κ2) is 4.15. The molecule has 1 aliphatic carbocycles. The first-order chi connectivity index (χ1) is 9.71. The molecule has 20 heavy (non-hydrogen) atoms. The van der Waals surface area contributed by atoms with Gasteiger partial charge >= 0.3 is 0 Å². The number of hydrogen-bond acceptors (Lipinski definition) is 5. The lowest BCUT2D eigenvalue weighted by Crippen LogP contribution is -2.35. The first-order valence-electron chi connectivity index (χ1n) is 7.34. The number of rotatable bonds is 3. The Bertz CT molecular complexity index is 650. The number of hydrogen-bond donors (Lipinski definition) is 1. The van der Waals surface area contributed by atoms with Gasteiger partial charge in [-0.15, -0.1) is 0 Å². The number of aliphatic hydroxyl groups is 1. The van der Waals surface area contributed by atoms with Crippen LogP contribution in [0, 0.1) is 5.92 Å². The van der Waals surface area contributed by atoms with E-state index in [0.717, 1.165) is 49.3 Å². The third-order valence-corrected chi connectivity index (χ3v) is 4.64. The van der Waals surface area contributed by atoms with E-state index in [2.05, 4.69) is 26.8 Å². The van der Waals surface area contributed by atoms with Crippen LogP contribution in [0.2, 0.25) is 0 Å². The van der Waals surface area contributed by atoms with E-state index in [4.69, 9.17) is 0 Å². The zero-order valence-corrected chi connectivity index (χ0v) is 11.7. The Hall–Kier alpha value is -1.69. The lowest BCUT2D eigenvalue weighted by Gasteiger charge is -2.23. The quantitative estimate of drug-likeness (QED) is 0.910. The highest BCUT2D eigenvalue weighted by Gasteiger charge is 2.48. The molecule has 1 saturated carbocycles. The van der Waals surface area contributed by atoms with Crippen LogP contribution < -0.4 is 4.90 Å². The highest BCUT2D eigenvalue weighted by Crippen LogP contribution is 2.45. The standard InChI is InChI=1S/C14H19N5O/c1-2-18-9-17-11-12(18)15-8-16-13(11)19-6-5-14(20,7-19)10-3-4-10/h8-10,20H,2-7H2,1H3. The minimum Gasteiger partial charge on any atom is -0.388 e. The summed E-state index contributed by atoms with van der Waals surface area (Å²) in [6.45, 7) is 4.43. The van der Waals surface area contributed by atoms with Gasteiger partial charge in [0, 0.05) is 19.6 Å². The van der Waals surface area contributed by atoms with E-state index in [-0.39, 0.29) is 0 Å². The molecule has 0 aromatic carbocycles. The van der Waals surface area contributed by atoms with Crippen LogP contribution in [0.25, 0.3) is 11.2 Å². The summed E-state index contributed by atoms with van der Waals surface area (Å²) in [5.74, 6) is 1.34. The fraction of sp³-hybridized carbons (Fsp3) is 0.643. The van der Waals surface area contributed by atoms with Crippen LogP contribution in [0.5, 0.6) is 0 Å². The molecular weight excluding hydrogens is 254 g/mol. The third kappa shape index (κ3) is 1.71. The van der Waals surface area contributed by atoms with Crippen molar-refractivity contribution in [1.82, 2.24) is 19.5 Å². The average Bonchev–Trinajstić information content (AvgIpc) is 3.13. The predicted molar refractivity (Wildman–Crippen MR) is 75.5 cm³/mol. The summed E-state index contributed by atoms with van der Waals surface area (Å²) in [5.41, 5.74) is 1.19. The van der Waals surface area contributed by atoms with Crippen molar-refractivity contribution in [3.05, 3.63) is 12.7 Å². The molecule has 106 valence electrons. The maximum Gasteiger partial charge on any atom is 0.165 e. The van der Waals surface area contributed by atoms with E-state index in [1.807, 2.05) is 10.9 Å². The molecule has 0 amide bonds. The number of β-amino-alcohol motifs (C(OH)–C–C–N with tert-alkyl or cyclic N) is 1. The highest BCUT2D eigenvalue weighted by molar-refractivity contribution is 5.83. The van der Waals surface area contributed by atoms with Crippen LogP contribution in [0.3, 0.4) is 0 Å². The monoisotopic (exact) mass is 273 g/mol. The van der Waals surface area contributed by atoms with Gasteiger partial charge in [-0.1, -0.05) is 0 Å². The summed E-state index contributed by atoms with van der Waals surface area (Å²) < 4.78 is 2.02. The molecule has 0 bridgehead atoms. The van der Waals surface area contributed by atoms with Crippen LogP contribution in [-0.4, -0.2) is 43.3 Å². The van der Waals surface area contributed by atoms with Crippen molar-refractivity contribution >= 4 is 17.0 Å². The molecule has 6 heteroatoms. The van der Waals surface area contributed by atoms with Gasteiger partial charge in [-0.2, -0.15) is 0 Å². The van der Waals surface area contributed by atoms with Crippen molar-refractivity contribution in [3.63, 3.8) is 0 Å².